The molecular weight excluding hydrogens is 236 g/mol. The Morgan fingerprint density at radius 1 is 1.29 bits per heavy atom. The van der Waals surface area contributed by atoms with Gasteiger partial charge >= 0.3 is 6.18 Å². The van der Waals surface area contributed by atoms with Gasteiger partial charge in [0, 0.05) is 12.6 Å². The molecule has 0 spiro atoms. The summed E-state index contributed by atoms with van der Waals surface area (Å²) in [6, 6.07) is 2.06. The molecule has 0 radical (unpaired) electrons. The lowest BCUT2D eigenvalue weighted by molar-refractivity contribution is -0.138. The third kappa shape index (κ3) is 3.17. The van der Waals surface area contributed by atoms with E-state index in [0.29, 0.717) is 6.07 Å². The quantitative estimate of drug-likeness (QED) is 0.835. The van der Waals surface area contributed by atoms with Crippen molar-refractivity contribution >= 4 is 0 Å². The van der Waals surface area contributed by atoms with Crippen molar-refractivity contribution < 1.29 is 17.6 Å². The summed E-state index contributed by atoms with van der Waals surface area (Å²) in [5, 5.41) is 0. The van der Waals surface area contributed by atoms with Crippen LogP contribution in [-0.2, 0) is 6.18 Å². The first kappa shape index (κ1) is 13.9. The van der Waals surface area contributed by atoms with E-state index in [1.165, 1.54) is 0 Å². The van der Waals surface area contributed by atoms with Crippen molar-refractivity contribution in [1.82, 2.24) is 4.90 Å². The van der Waals surface area contributed by atoms with Gasteiger partial charge in [-0.3, -0.25) is 0 Å². The largest absolute Gasteiger partial charge is 0.416 e. The first-order valence-electron chi connectivity index (χ1n) is 5.00. The molecular formula is C11H14F4N2. The zero-order chi connectivity index (χ0) is 13.2. The van der Waals surface area contributed by atoms with Gasteiger partial charge in [-0.1, -0.05) is 6.07 Å². The third-order valence-corrected chi connectivity index (χ3v) is 2.53. The molecule has 0 heterocycles. The first-order chi connectivity index (χ1) is 7.77. The smallest absolute Gasteiger partial charge is 0.329 e. The second-order valence-electron chi connectivity index (χ2n) is 3.94. The lowest BCUT2D eigenvalue weighted by Crippen LogP contribution is -2.29. The van der Waals surface area contributed by atoms with Crippen LogP contribution >= 0.6 is 0 Å². The highest BCUT2D eigenvalue weighted by atomic mass is 19.4. The Morgan fingerprint density at radius 2 is 1.88 bits per heavy atom. The molecule has 1 aromatic rings. The van der Waals surface area contributed by atoms with Crippen molar-refractivity contribution in [2.45, 2.75) is 12.2 Å². The molecule has 6 heteroatoms. The van der Waals surface area contributed by atoms with E-state index in [1.54, 1.807) is 19.0 Å². The fourth-order valence-corrected chi connectivity index (χ4v) is 1.68. The number of hydrogen-bond donors (Lipinski definition) is 1. The molecule has 0 fully saturated rings. The van der Waals surface area contributed by atoms with Crippen LogP contribution in [0.15, 0.2) is 18.2 Å². The highest BCUT2D eigenvalue weighted by molar-refractivity contribution is 5.33. The molecule has 0 amide bonds. The summed E-state index contributed by atoms with van der Waals surface area (Å²) in [4.78, 5) is 1.57. The van der Waals surface area contributed by atoms with Gasteiger partial charge in [-0.05, 0) is 31.8 Å². The molecule has 1 atom stereocenters. The molecule has 0 saturated heterocycles. The molecule has 1 aromatic carbocycles. The van der Waals surface area contributed by atoms with E-state index >= 15 is 0 Å². The molecule has 0 bridgehead atoms. The Balaban J connectivity index is 3.32. The average Bonchev–Trinajstić information content (AvgIpc) is 2.19. The van der Waals surface area contributed by atoms with Crippen LogP contribution in [-0.4, -0.2) is 25.5 Å². The molecule has 1 rings (SSSR count). The first-order valence-corrected chi connectivity index (χ1v) is 5.00. The topological polar surface area (TPSA) is 29.3 Å². The van der Waals surface area contributed by atoms with Crippen LogP contribution in [0.5, 0.6) is 0 Å². The van der Waals surface area contributed by atoms with Crippen molar-refractivity contribution in [2.75, 3.05) is 20.6 Å². The standard InChI is InChI=1S/C11H14F4N2/c1-17(2)10(6-16)8-4-3-7(12)5-9(8)11(13,14)15/h3-5,10H,6,16H2,1-2H3. The van der Waals surface area contributed by atoms with E-state index in [9.17, 15) is 17.6 Å². The van der Waals surface area contributed by atoms with E-state index in [2.05, 4.69) is 0 Å². The maximum Gasteiger partial charge on any atom is 0.416 e. The minimum atomic E-state index is -4.58. The second kappa shape index (κ2) is 5.01. The minimum Gasteiger partial charge on any atom is -0.329 e. The number of nitrogens with zero attached hydrogens (tertiary/aromatic N) is 1. The number of nitrogens with two attached hydrogens (primary N) is 1. The van der Waals surface area contributed by atoms with Gasteiger partial charge in [0.15, 0.2) is 0 Å². The van der Waals surface area contributed by atoms with Gasteiger partial charge in [0.25, 0.3) is 0 Å². The van der Waals surface area contributed by atoms with E-state index in [0.717, 1.165) is 12.1 Å². The van der Waals surface area contributed by atoms with Gasteiger partial charge in [0.05, 0.1) is 5.56 Å². The van der Waals surface area contributed by atoms with E-state index in [4.69, 9.17) is 5.73 Å². The molecule has 96 valence electrons. The number of halogens is 4. The fraction of sp³-hybridized carbons (Fsp3) is 0.455. The lowest BCUT2D eigenvalue weighted by Gasteiger charge is -2.26. The number of alkyl halides is 3. The number of benzene rings is 1. The maximum absolute atomic E-state index is 12.9. The molecule has 0 aliphatic rings. The maximum atomic E-state index is 12.9. The van der Waals surface area contributed by atoms with Crippen molar-refractivity contribution in [3.63, 3.8) is 0 Å². The van der Waals surface area contributed by atoms with E-state index in [-0.39, 0.29) is 12.1 Å². The summed E-state index contributed by atoms with van der Waals surface area (Å²) in [6.45, 7) is 0.0295. The summed E-state index contributed by atoms with van der Waals surface area (Å²) in [7, 11) is 3.25. The third-order valence-electron chi connectivity index (χ3n) is 2.53. The summed E-state index contributed by atoms with van der Waals surface area (Å²) in [5.41, 5.74) is 4.47. The predicted molar refractivity (Wildman–Crippen MR) is 56.9 cm³/mol. The molecule has 2 N–H and O–H groups in total. The van der Waals surface area contributed by atoms with Crippen LogP contribution in [0.4, 0.5) is 17.6 Å². The van der Waals surface area contributed by atoms with Crippen LogP contribution < -0.4 is 5.73 Å². The van der Waals surface area contributed by atoms with Gasteiger partial charge in [-0.15, -0.1) is 0 Å². The van der Waals surface area contributed by atoms with Gasteiger partial charge in [0.2, 0.25) is 0 Å². The highest BCUT2D eigenvalue weighted by Gasteiger charge is 2.35. The van der Waals surface area contributed by atoms with Crippen molar-refractivity contribution in [3.8, 4) is 0 Å². The minimum absolute atomic E-state index is 0.00796. The zero-order valence-corrected chi connectivity index (χ0v) is 9.55. The number of hydrogen-bond acceptors (Lipinski definition) is 2. The summed E-state index contributed by atoms with van der Waals surface area (Å²) >= 11 is 0. The van der Waals surface area contributed by atoms with E-state index in [1.807, 2.05) is 0 Å². The molecule has 2 nitrogen and oxygen atoms in total. The van der Waals surface area contributed by atoms with Crippen LogP contribution in [0.1, 0.15) is 17.2 Å². The van der Waals surface area contributed by atoms with Gasteiger partial charge in [0.1, 0.15) is 5.82 Å². The molecule has 17 heavy (non-hydrogen) atoms. The van der Waals surface area contributed by atoms with Gasteiger partial charge < -0.3 is 10.6 Å². The SMILES string of the molecule is CN(C)C(CN)c1ccc(F)cc1C(F)(F)F. The normalized spacial score (nSPS) is 14.1. The van der Waals surface area contributed by atoms with Crippen molar-refractivity contribution in [2.24, 2.45) is 5.73 Å². The Labute approximate surface area is 97.0 Å². The summed E-state index contributed by atoms with van der Waals surface area (Å²) in [5.74, 6) is -0.907. The Bertz CT molecular complexity index is 388. The fourth-order valence-electron chi connectivity index (χ4n) is 1.68. The Morgan fingerprint density at radius 3 is 2.29 bits per heavy atom. The van der Waals surface area contributed by atoms with Crippen molar-refractivity contribution in [1.29, 1.82) is 0 Å². The zero-order valence-electron chi connectivity index (χ0n) is 9.55. The summed E-state index contributed by atoms with van der Waals surface area (Å²) in [6.07, 6.45) is -4.58. The number of rotatable bonds is 3. The Kier molecular flexibility index (Phi) is 4.11. The van der Waals surface area contributed by atoms with Gasteiger partial charge in [-0.2, -0.15) is 13.2 Å². The van der Waals surface area contributed by atoms with E-state index < -0.39 is 23.6 Å². The van der Waals surface area contributed by atoms with Crippen LogP contribution in [0.3, 0.4) is 0 Å². The van der Waals surface area contributed by atoms with Crippen LogP contribution in [0.25, 0.3) is 0 Å². The predicted octanol–water partition coefficient (Wildman–Crippen LogP) is 2.41. The number of likely N-dealkylation sites (N-methyl/N-ethyl adjacent to an activating group) is 1. The lowest BCUT2D eigenvalue weighted by atomic mass is 9.99. The summed E-state index contributed by atoms with van der Waals surface area (Å²) < 4.78 is 51.2. The van der Waals surface area contributed by atoms with Gasteiger partial charge in [-0.25, -0.2) is 4.39 Å². The monoisotopic (exact) mass is 250 g/mol. The van der Waals surface area contributed by atoms with Crippen LogP contribution in [0.2, 0.25) is 0 Å². The molecule has 0 saturated carbocycles. The average molecular weight is 250 g/mol. The molecule has 0 aliphatic heterocycles. The molecule has 1 unspecified atom stereocenters. The Hall–Kier alpha value is -1.14. The second-order valence-corrected chi connectivity index (χ2v) is 3.94. The molecule has 0 aromatic heterocycles. The van der Waals surface area contributed by atoms with Crippen LogP contribution in [0, 0.1) is 5.82 Å². The highest BCUT2D eigenvalue weighted by Crippen LogP contribution is 2.35. The van der Waals surface area contributed by atoms with Crippen molar-refractivity contribution in [3.05, 3.63) is 35.1 Å². The molecule has 0 aliphatic carbocycles.